The zero-order valence-corrected chi connectivity index (χ0v) is 13.5. The minimum absolute atomic E-state index is 0.119. The van der Waals surface area contributed by atoms with Crippen LogP contribution < -0.4 is 11.1 Å². The van der Waals surface area contributed by atoms with Crippen molar-refractivity contribution in [3.8, 4) is 0 Å². The van der Waals surface area contributed by atoms with E-state index in [2.05, 4.69) is 5.32 Å². The summed E-state index contributed by atoms with van der Waals surface area (Å²) >= 11 is 5.83. The van der Waals surface area contributed by atoms with Crippen molar-refractivity contribution in [3.05, 3.63) is 28.8 Å². The predicted molar refractivity (Wildman–Crippen MR) is 86.9 cm³/mol. The predicted octanol–water partition coefficient (Wildman–Crippen LogP) is 1.74. The van der Waals surface area contributed by atoms with Crippen molar-refractivity contribution in [1.82, 2.24) is 5.32 Å². The number of rotatable bonds is 7. The van der Waals surface area contributed by atoms with Crippen molar-refractivity contribution in [1.29, 1.82) is 5.41 Å². The molecule has 0 heterocycles. The van der Waals surface area contributed by atoms with Crippen molar-refractivity contribution in [2.24, 2.45) is 5.92 Å². The first-order chi connectivity index (χ1) is 10.7. The van der Waals surface area contributed by atoms with Crippen molar-refractivity contribution in [2.45, 2.75) is 26.3 Å². The molecule has 1 rings (SSSR count). The summed E-state index contributed by atoms with van der Waals surface area (Å²) in [6, 6.07) is 3.25. The molecule has 1 amide bonds. The Hall–Kier alpha value is -2.41. The number of anilines is 1. The van der Waals surface area contributed by atoms with Crippen molar-refractivity contribution < 1.29 is 19.5 Å². The number of benzene rings is 1. The third-order valence-electron chi connectivity index (χ3n) is 3.32. The van der Waals surface area contributed by atoms with Gasteiger partial charge >= 0.3 is 5.97 Å². The standard InChI is InChI=1S/C15H18ClN3O4/c1-3-9(15(22)23)12(18)13(20)7(2)19-14(21)8-4-5-11(17)10(16)6-8/h4-7,9,18H,3,17H2,1-2H3,(H,19,21)(H,22,23). The molecule has 124 valence electrons. The van der Waals surface area contributed by atoms with Gasteiger partial charge in [0.2, 0.25) is 0 Å². The summed E-state index contributed by atoms with van der Waals surface area (Å²) in [6.07, 6.45) is 0.119. The number of nitrogens with one attached hydrogen (secondary N) is 2. The third-order valence-corrected chi connectivity index (χ3v) is 3.65. The van der Waals surface area contributed by atoms with E-state index in [1.165, 1.54) is 25.1 Å². The average molecular weight is 340 g/mol. The fourth-order valence-corrected chi connectivity index (χ4v) is 2.10. The summed E-state index contributed by atoms with van der Waals surface area (Å²) in [5, 5.41) is 19.3. The molecular formula is C15H18ClN3O4. The first-order valence-corrected chi connectivity index (χ1v) is 7.28. The Morgan fingerprint density at radius 2 is 2.00 bits per heavy atom. The molecule has 0 radical (unpaired) electrons. The first-order valence-electron chi connectivity index (χ1n) is 6.90. The van der Waals surface area contributed by atoms with Gasteiger partial charge in [0.25, 0.3) is 5.91 Å². The number of carbonyl (C=O) groups excluding carboxylic acids is 2. The SMILES string of the molecule is CCC(C(=N)C(=O)C(C)NC(=O)c1ccc(N)c(Cl)c1)C(=O)O. The minimum atomic E-state index is -1.24. The van der Waals surface area contributed by atoms with Gasteiger partial charge in [-0.25, -0.2) is 0 Å². The normalized spacial score (nSPS) is 13.0. The van der Waals surface area contributed by atoms with E-state index in [4.69, 9.17) is 27.9 Å². The van der Waals surface area contributed by atoms with E-state index in [1.807, 2.05) is 0 Å². The van der Waals surface area contributed by atoms with Crippen LogP contribution in [0.25, 0.3) is 0 Å². The first kappa shape index (κ1) is 18.6. The molecule has 1 aromatic rings. The molecule has 0 saturated heterocycles. The number of Topliss-reactive ketones (excluding diaryl/α,β-unsaturated/α-hetero) is 1. The maximum Gasteiger partial charge on any atom is 0.312 e. The van der Waals surface area contributed by atoms with E-state index in [-0.39, 0.29) is 17.0 Å². The Kier molecular flexibility index (Phi) is 6.27. The van der Waals surface area contributed by atoms with Crippen molar-refractivity contribution >= 4 is 40.7 Å². The van der Waals surface area contributed by atoms with Crippen LogP contribution in [0.3, 0.4) is 0 Å². The summed E-state index contributed by atoms with van der Waals surface area (Å²) in [5.74, 6) is -3.74. The minimum Gasteiger partial charge on any atom is -0.481 e. The maximum atomic E-state index is 12.1. The molecule has 0 aliphatic carbocycles. The average Bonchev–Trinajstić information content (AvgIpc) is 2.49. The molecule has 0 spiro atoms. The fraction of sp³-hybridized carbons (Fsp3) is 0.333. The summed E-state index contributed by atoms with van der Waals surface area (Å²) in [4.78, 5) is 35.2. The number of carbonyl (C=O) groups is 3. The highest BCUT2D eigenvalue weighted by atomic mass is 35.5. The van der Waals surface area contributed by atoms with Crippen LogP contribution in [0.1, 0.15) is 30.6 Å². The number of aliphatic carboxylic acids is 1. The van der Waals surface area contributed by atoms with Gasteiger partial charge in [-0.05, 0) is 31.5 Å². The largest absolute Gasteiger partial charge is 0.481 e. The molecule has 23 heavy (non-hydrogen) atoms. The van der Waals surface area contributed by atoms with E-state index in [0.29, 0.717) is 5.69 Å². The summed E-state index contributed by atoms with van der Waals surface area (Å²) in [5.41, 5.74) is 5.54. The highest BCUT2D eigenvalue weighted by molar-refractivity contribution is 6.44. The molecule has 5 N–H and O–H groups in total. The zero-order valence-electron chi connectivity index (χ0n) is 12.7. The van der Waals surface area contributed by atoms with Crippen LogP contribution in [0, 0.1) is 11.3 Å². The van der Waals surface area contributed by atoms with E-state index in [9.17, 15) is 14.4 Å². The quantitative estimate of drug-likeness (QED) is 0.443. The van der Waals surface area contributed by atoms with Gasteiger partial charge in [0, 0.05) is 5.56 Å². The molecule has 0 aliphatic rings. The van der Waals surface area contributed by atoms with Crippen LogP contribution in [0.5, 0.6) is 0 Å². The van der Waals surface area contributed by atoms with Gasteiger partial charge in [0.05, 0.1) is 22.5 Å². The van der Waals surface area contributed by atoms with Crippen molar-refractivity contribution in [2.75, 3.05) is 5.73 Å². The van der Waals surface area contributed by atoms with Gasteiger partial charge in [-0.1, -0.05) is 18.5 Å². The molecular weight excluding hydrogens is 322 g/mol. The smallest absolute Gasteiger partial charge is 0.312 e. The summed E-state index contributed by atoms with van der Waals surface area (Å²) in [7, 11) is 0. The molecule has 8 heteroatoms. The molecule has 2 atom stereocenters. The lowest BCUT2D eigenvalue weighted by Crippen LogP contribution is -2.44. The highest BCUT2D eigenvalue weighted by Gasteiger charge is 2.29. The number of nitrogens with two attached hydrogens (primary N) is 1. The Labute approximate surface area is 138 Å². The van der Waals surface area contributed by atoms with Gasteiger partial charge in [0.1, 0.15) is 5.92 Å². The van der Waals surface area contributed by atoms with Crippen LogP contribution in [0.4, 0.5) is 5.69 Å². The number of ketones is 1. The zero-order chi connectivity index (χ0) is 17.7. The Morgan fingerprint density at radius 1 is 1.39 bits per heavy atom. The summed E-state index contributed by atoms with van der Waals surface area (Å²) in [6.45, 7) is 2.96. The van der Waals surface area contributed by atoms with Gasteiger partial charge in [-0.15, -0.1) is 0 Å². The number of hydrogen-bond acceptors (Lipinski definition) is 5. The molecule has 7 nitrogen and oxygen atoms in total. The fourth-order valence-electron chi connectivity index (χ4n) is 1.92. The van der Waals surface area contributed by atoms with Gasteiger partial charge in [0.15, 0.2) is 5.78 Å². The molecule has 0 saturated carbocycles. The Morgan fingerprint density at radius 3 is 2.48 bits per heavy atom. The Bertz CT molecular complexity index is 660. The Balaban J connectivity index is 2.81. The number of hydrogen-bond donors (Lipinski definition) is 4. The number of halogens is 1. The van der Waals surface area contributed by atoms with E-state index < -0.39 is 35.3 Å². The molecule has 0 aliphatic heterocycles. The van der Waals surface area contributed by atoms with Crippen LogP contribution in [-0.2, 0) is 9.59 Å². The lowest BCUT2D eigenvalue weighted by molar-refractivity contribution is -0.140. The second-order valence-electron chi connectivity index (χ2n) is 5.01. The van der Waals surface area contributed by atoms with Crippen molar-refractivity contribution in [3.63, 3.8) is 0 Å². The molecule has 0 fully saturated rings. The molecule has 1 aromatic carbocycles. The van der Waals surface area contributed by atoms with Crippen LogP contribution in [0.2, 0.25) is 5.02 Å². The number of carboxylic acid groups (broad SMARTS) is 1. The third kappa shape index (κ3) is 4.53. The lowest BCUT2D eigenvalue weighted by atomic mass is 9.94. The number of nitrogen functional groups attached to an aromatic ring is 1. The van der Waals surface area contributed by atoms with Crippen LogP contribution >= 0.6 is 11.6 Å². The van der Waals surface area contributed by atoms with Gasteiger partial charge in [-0.3, -0.25) is 14.4 Å². The summed E-state index contributed by atoms with van der Waals surface area (Å²) < 4.78 is 0. The van der Waals surface area contributed by atoms with E-state index in [1.54, 1.807) is 6.92 Å². The van der Waals surface area contributed by atoms with Crippen LogP contribution in [-0.4, -0.2) is 34.5 Å². The number of carboxylic acids is 1. The maximum absolute atomic E-state index is 12.1. The highest BCUT2D eigenvalue weighted by Crippen LogP contribution is 2.19. The van der Waals surface area contributed by atoms with E-state index in [0.717, 1.165) is 0 Å². The van der Waals surface area contributed by atoms with Gasteiger partial charge < -0.3 is 21.6 Å². The second kappa shape index (κ2) is 7.73. The van der Waals surface area contributed by atoms with E-state index >= 15 is 0 Å². The molecule has 0 aromatic heterocycles. The molecule has 0 bridgehead atoms. The lowest BCUT2D eigenvalue weighted by Gasteiger charge is -2.16. The van der Waals surface area contributed by atoms with Gasteiger partial charge in [-0.2, -0.15) is 0 Å². The number of amides is 1. The second-order valence-corrected chi connectivity index (χ2v) is 5.42. The monoisotopic (exact) mass is 339 g/mol. The topological polar surface area (TPSA) is 133 Å². The van der Waals surface area contributed by atoms with Crippen LogP contribution in [0.15, 0.2) is 18.2 Å². The molecule has 2 unspecified atom stereocenters.